The molecule has 1 aromatic rings. The van der Waals surface area contributed by atoms with Gasteiger partial charge in [-0.05, 0) is 48.3 Å². The summed E-state index contributed by atoms with van der Waals surface area (Å²) in [5.74, 6) is 0. The number of benzene rings is 1. The van der Waals surface area contributed by atoms with Crippen molar-refractivity contribution >= 4 is 5.69 Å². The van der Waals surface area contributed by atoms with Gasteiger partial charge in [0.15, 0.2) is 0 Å². The Morgan fingerprint density at radius 3 is 2.21 bits per heavy atom. The summed E-state index contributed by atoms with van der Waals surface area (Å²) in [5.41, 5.74) is 10.3. The van der Waals surface area contributed by atoms with Gasteiger partial charge in [0.1, 0.15) is 0 Å². The molecule has 1 nitrogen and oxygen atoms in total. The fourth-order valence-corrected chi connectivity index (χ4v) is 3.67. The molecule has 0 heterocycles. The topological polar surface area (TPSA) is 26.0 Å². The van der Waals surface area contributed by atoms with Crippen molar-refractivity contribution in [2.75, 3.05) is 5.73 Å². The lowest BCUT2D eigenvalue weighted by atomic mass is 9.69. The monoisotopic (exact) mass is 259 g/mol. The first-order valence-corrected chi connectivity index (χ1v) is 8.11. The molecular weight excluding hydrogens is 230 g/mol. The molecule has 1 saturated carbocycles. The second kappa shape index (κ2) is 6.45. The van der Waals surface area contributed by atoms with Crippen LogP contribution >= 0.6 is 0 Å². The highest BCUT2D eigenvalue weighted by Crippen LogP contribution is 2.41. The average molecular weight is 259 g/mol. The Hall–Kier alpha value is -0.980. The van der Waals surface area contributed by atoms with E-state index in [0.717, 1.165) is 12.1 Å². The largest absolute Gasteiger partial charge is 0.399 e. The molecule has 1 aliphatic rings. The average Bonchev–Trinajstić information content (AvgIpc) is 2.40. The predicted molar refractivity (Wildman–Crippen MR) is 84.5 cm³/mol. The third-order valence-corrected chi connectivity index (χ3v) is 5.12. The lowest BCUT2D eigenvalue weighted by molar-refractivity contribution is 0.304. The van der Waals surface area contributed by atoms with Crippen LogP contribution in [0.15, 0.2) is 18.2 Å². The van der Waals surface area contributed by atoms with Crippen molar-refractivity contribution < 1.29 is 0 Å². The summed E-state index contributed by atoms with van der Waals surface area (Å²) in [4.78, 5) is 0. The number of rotatable bonds is 3. The van der Waals surface area contributed by atoms with E-state index in [9.17, 15) is 0 Å². The van der Waals surface area contributed by atoms with Crippen LogP contribution in [-0.2, 0) is 11.8 Å². The molecule has 0 amide bonds. The van der Waals surface area contributed by atoms with Crippen molar-refractivity contribution in [1.29, 1.82) is 0 Å². The number of aryl methyl sites for hydroxylation is 1. The Morgan fingerprint density at radius 2 is 1.63 bits per heavy atom. The lowest BCUT2D eigenvalue weighted by Crippen LogP contribution is -2.26. The van der Waals surface area contributed by atoms with Crippen LogP contribution in [0.5, 0.6) is 0 Å². The summed E-state index contributed by atoms with van der Waals surface area (Å²) in [7, 11) is 0. The third kappa shape index (κ3) is 3.13. The molecule has 2 N–H and O–H groups in total. The third-order valence-electron chi connectivity index (χ3n) is 5.12. The van der Waals surface area contributed by atoms with Gasteiger partial charge in [-0.25, -0.2) is 0 Å². The Morgan fingerprint density at radius 1 is 1.00 bits per heavy atom. The standard InChI is InChI=1S/C18H29N/c1-3-15-14-16(10-11-17(15)19)18(4-2)12-8-6-5-7-9-13-18/h10-11,14H,3-9,12-13,19H2,1-2H3. The molecule has 1 aliphatic carbocycles. The highest BCUT2D eigenvalue weighted by atomic mass is 14.6. The van der Waals surface area contributed by atoms with Crippen molar-refractivity contribution in [2.45, 2.75) is 77.0 Å². The molecule has 0 aromatic heterocycles. The summed E-state index contributed by atoms with van der Waals surface area (Å²) in [5, 5.41) is 0. The molecule has 0 atom stereocenters. The van der Waals surface area contributed by atoms with E-state index in [2.05, 4.69) is 32.0 Å². The van der Waals surface area contributed by atoms with E-state index >= 15 is 0 Å². The first-order valence-electron chi connectivity index (χ1n) is 8.11. The van der Waals surface area contributed by atoms with E-state index in [4.69, 9.17) is 5.73 Å². The summed E-state index contributed by atoms with van der Waals surface area (Å²) in [6.07, 6.45) is 12.1. The van der Waals surface area contributed by atoms with Gasteiger partial charge in [-0.15, -0.1) is 0 Å². The van der Waals surface area contributed by atoms with Gasteiger partial charge in [-0.3, -0.25) is 0 Å². The fourth-order valence-electron chi connectivity index (χ4n) is 3.67. The summed E-state index contributed by atoms with van der Waals surface area (Å²) in [6, 6.07) is 6.81. The first kappa shape index (κ1) is 14.4. The summed E-state index contributed by atoms with van der Waals surface area (Å²) < 4.78 is 0. The van der Waals surface area contributed by atoms with Gasteiger partial charge >= 0.3 is 0 Å². The van der Waals surface area contributed by atoms with Gasteiger partial charge in [0, 0.05) is 5.69 Å². The molecule has 0 radical (unpaired) electrons. The van der Waals surface area contributed by atoms with E-state index in [1.165, 1.54) is 56.9 Å². The Labute approximate surface area is 118 Å². The van der Waals surface area contributed by atoms with Gasteiger partial charge in [-0.1, -0.05) is 58.1 Å². The molecule has 0 saturated heterocycles. The molecule has 19 heavy (non-hydrogen) atoms. The Bertz CT molecular complexity index is 400. The summed E-state index contributed by atoms with van der Waals surface area (Å²) >= 11 is 0. The van der Waals surface area contributed by atoms with Crippen LogP contribution in [0.2, 0.25) is 0 Å². The van der Waals surface area contributed by atoms with Gasteiger partial charge < -0.3 is 5.73 Å². The van der Waals surface area contributed by atoms with E-state index in [1.54, 1.807) is 5.56 Å². The normalized spacial score (nSPS) is 19.7. The van der Waals surface area contributed by atoms with E-state index in [1.807, 2.05) is 0 Å². The molecule has 0 aliphatic heterocycles. The highest BCUT2D eigenvalue weighted by molar-refractivity contribution is 5.50. The van der Waals surface area contributed by atoms with Crippen LogP contribution in [0, 0.1) is 0 Å². The van der Waals surface area contributed by atoms with E-state index in [-0.39, 0.29) is 0 Å². The van der Waals surface area contributed by atoms with Crippen LogP contribution in [0.1, 0.15) is 76.3 Å². The van der Waals surface area contributed by atoms with Gasteiger partial charge in [0.05, 0.1) is 0 Å². The zero-order valence-electron chi connectivity index (χ0n) is 12.7. The van der Waals surface area contributed by atoms with Gasteiger partial charge in [-0.2, -0.15) is 0 Å². The molecule has 1 aromatic carbocycles. The SMILES string of the molecule is CCc1cc(C2(CC)CCCCCCC2)ccc1N. The van der Waals surface area contributed by atoms with Crippen molar-refractivity contribution in [3.8, 4) is 0 Å². The quantitative estimate of drug-likeness (QED) is 0.740. The molecule has 106 valence electrons. The smallest absolute Gasteiger partial charge is 0.0346 e. The molecule has 1 fully saturated rings. The number of nitrogen functional groups attached to an aromatic ring is 1. The summed E-state index contributed by atoms with van der Waals surface area (Å²) in [6.45, 7) is 4.57. The minimum Gasteiger partial charge on any atom is -0.399 e. The number of hydrogen-bond donors (Lipinski definition) is 1. The zero-order valence-corrected chi connectivity index (χ0v) is 12.7. The van der Waals surface area contributed by atoms with Gasteiger partial charge in [0.2, 0.25) is 0 Å². The second-order valence-electron chi connectivity index (χ2n) is 6.17. The first-order chi connectivity index (χ1) is 9.22. The van der Waals surface area contributed by atoms with Crippen LogP contribution < -0.4 is 5.73 Å². The molecule has 0 spiro atoms. The Balaban J connectivity index is 2.32. The molecular formula is C18H29N. The zero-order chi connectivity index (χ0) is 13.7. The Kier molecular flexibility index (Phi) is 4.90. The molecule has 1 heteroatoms. The minimum atomic E-state index is 0.415. The highest BCUT2D eigenvalue weighted by Gasteiger charge is 2.30. The number of hydrogen-bond acceptors (Lipinski definition) is 1. The minimum absolute atomic E-state index is 0.415. The molecule has 0 bridgehead atoms. The van der Waals surface area contributed by atoms with Crippen LogP contribution in [0.3, 0.4) is 0 Å². The lowest BCUT2D eigenvalue weighted by Gasteiger charge is -2.36. The molecule has 0 unspecified atom stereocenters. The maximum absolute atomic E-state index is 6.07. The molecule has 2 rings (SSSR count). The van der Waals surface area contributed by atoms with E-state index < -0.39 is 0 Å². The van der Waals surface area contributed by atoms with Crippen LogP contribution in [-0.4, -0.2) is 0 Å². The predicted octanol–water partition coefficient (Wildman–Crippen LogP) is 5.22. The van der Waals surface area contributed by atoms with Crippen molar-refractivity contribution in [3.63, 3.8) is 0 Å². The van der Waals surface area contributed by atoms with Crippen LogP contribution in [0.25, 0.3) is 0 Å². The van der Waals surface area contributed by atoms with Gasteiger partial charge in [0.25, 0.3) is 0 Å². The van der Waals surface area contributed by atoms with Crippen molar-refractivity contribution in [3.05, 3.63) is 29.3 Å². The second-order valence-corrected chi connectivity index (χ2v) is 6.17. The number of anilines is 1. The van der Waals surface area contributed by atoms with Crippen molar-refractivity contribution in [1.82, 2.24) is 0 Å². The maximum Gasteiger partial charge on any atom is 0.0346 e. The fraction of sp³-hybridized carbons (Fsp3) is 0.667. The van der Waals surface area contributed by atoms with Crippen molar-refractivity contribution in [2.24, 2.45) is 0 Å². The number of nitrogens with two attached hydrogens (primary N) is 1. The maximum atomic E-state index is 6.07. The van der Waals surface area contributed by atoms with E-state index in [0.29, 0.717) is 5.41 Å². The van der Waals surface area contributed by atoms with Crippen LogP contribution in [0.4, 0.5) is 5.69 Å².